The zero-order valence-electron chi connectivity index (χ0n) is 19.9. The third-order valence-electron chi connectivity index (χ3n) is 5.49. The molecule has 32 heavy (non-hydrogen) atoms. The van der Waals surface area contributed by atoms with Crippen molar-refractivity contribution in [3.8, 4) is 5.75 Å². The SMILES string of the molecule is CC[C@H](C)NC(=O)[C@H](C)N(Cc1cccc(Br)c1)C(=O)COc1ccc(C(C)(C)C)cc1. The van der Waals surface area contributed by atoms with Gasteiger partial charge in [0.05, 0.1) is 0 Å². The first-order valence-electron chi connectivity index (χ1n) is 11.1. The number of nitrogens with one attached hydrogen (secondary N) is 1. The van der Waals surface area contributed by atoms with Gasteiger partial charge in [-0.25, -0.2) is 0 Å². The molecule has 0 saturated heterocycles. The molecule has 0 aromatic heterocycles. The minimum absolute atomic E-state index is 0.0466. The summed E-state index contributed by atoms with van der Waals surface area (Å²) in [6.07, 6.45) is 0.825. The second-order valence-electron chi connectivity index (χ2n) is 9.21. The zero-order valence-corrected chi connectivity index (χ0v) is 21.5. The first-order valence-corrected chi connectivity index (χ1v) is 11.9. The lowest BCUT2D eigenvalue weighted by atomic mass is 9.87. The Labute approximate surface area is 200 Å². The van der Waals surface area contributed by atoms with Crippen LogP contribution in [0.2, 0.25) is 0 Å². The van der Waals surface area contributed by atoms with E-state index in [-0.39, 0.29) is 29.9 Å². The van der Waals surface area contributed by atoms with Crippen molar-refractivity contribution in [2.45, 2.75) is 72.0 Å². The molecule has 0 fully saturated rings. The van der Waals surface area contributed by atoms with E-state index in [2.05, 4.69) is 42.0 Å². The van der Waals surface area contributed by atoms with Gasteiger partial charge in [0.15, 0.2) is 6.61 Å². The van der Waals surface area contributed by atoms with Gasteiger partial charge in [-0.2, -0.15) is 0 Å². The Morgan fingerprint density at radius 3 is 2.31 bits per heavy atom. The fourth-order valence-electron chi connectivity index (χ4n) is 3.16. The molecule has 0 aliphatic carbocycles. The number of rotatable bonds is 9. The molecule has 2 rings (SSSR count). The fraction of sp³-hybridized carbons (Fsp3) is 0.462. The summed E-state index contributed by atoms with van der Waals surface area (Å²) in [5.74, 6) is 0.222. The third-order valence-corrected chi connectivity index (χ3v) is 5.99. The van der Waals surface area contributed by atoms with Crippen LogP contribution in [-0.2, 0) is 21.5 Å². The smallest absolute Gasteiger partial charge is 0.261 e. The zero-order chi connectivity index (χ0) is 23.9. The standard InChI is InChI=1S/C26H35BrN2O3/c1-7-18(2)28-25(31)19(3)29(16-20-9-8-10-22(27)15-20)24(30)17-32-23-13-11-21(12-14-23)26(4,5)6/h8-15,18-19H,7,16-17H2,1-6H3,(H,28,31)/t18-,19-/m0/s1. The van der Waals surface area contributed by atoms with E-state index < -0.39 is 6.04 Å². The molecule has 2 amide bonds. The Morgan fingerprint density at radius 2 is 1.75 bits per heavy atom. The fourth-order valence-corrected chi connectivity index (χ4v) is 3.61. The van der Waals surface area contributed by atoms with Crippen LogP contribution in [0.15, 0.2) is 53.0 Å². The second-order valence-corrected chi connectivity index (χ2v) is 10.1. The maximum Gasteiger partial charge on any atom is 0.261 e. The molecule has 2 aromatic rings. The highest BCUT2D eigenvalue weighted by molar-refractivity contribution is 9.10. The van der Waals surface area contributed by atoms with E-state index in [0.717, 1.165) is 16.5 Å². The lowest BCUT2D eigenvalue weighted by molar-refractivity contribution is -0.142. The van der Waals surface area contributed by atoms with Gasteiger partial charge in [-0.3, -0.25) is 9.59 Å². The summed E-state index contributed by atoms with van der Waals surface area (Å²) >= 11 is 3.47. The van der Waals surface area contributed by atoms with Gasteiger partial charge in [-0.15, -0.1) is 0 Å². The van der Waals surface area contributed by atoms with Crippen molar-refractivity contribution in [2.75, 3.05) is 6.61 Å². The van der Waals surface area contributed by atoms with Gasteiger partial charge in [0.2, 0.25) is 5.91 Å². The Bertz CT molecular complexity index is 906. The Kier molecular flexibility index (Phi) is 9.32. The van der Waals surface area contributed by atoms with E-state index in [1.165, 1.54) is 5.56 Å². The molecule has 0 aliphatic rings. The number of hydrogen-bond acceptors (Lipinski definition) is 3. The lowest BCUT2D eigenvalue weighted by Gasteiger charge is -2.29. The third kappa shape index (κ3) is 7.66. The number of hydrogen-bond donors (Lipinski definition) is 1. The van der Waals surface area contributed by atoms with Crippen LogP contribution in [0.3, 0.4) is 0 Å². The molecular weight excluding hydrogens is 468 g/mol. The summed E-state index contributed by atoms with van der Waals surface area (Å²) in [5, 5.41) is 2.97. The van der Waals surface area contributed by atoms with Crippen molar-refractivity contribution in [1.82, 2.24) is 10.2 Å². The highest BCUT2D eigenvalue weighted by Crippen LogP contribution is 2.24. The molecular formula is C26H35BrN2O3. The molecule has 6 heteroatoms. The largest absolute Gasteiger partial charge is 0.484 e. The molecule has 2 atom stereocenters. The molecule has 0 saturated carbocycles. The van der Waals surface area contributed by atoms with Crippen LogP contribution in [0.5, 0.6) is 5.75 Å². The Hall–Kier alpha value is -2.34. The van der Waals surface area contributed by atoms with Gasteiger partial charge >= 0.3 is 0 Å². The van der Waals surface area contributed by atoms with E-state index in [1.807, 2.05) is 62.4 Å². The summed E-state index contributed by atoms with van der Waals surface area (Å²) in [4.78, 5) is 27.5. The minimum Gasteiger partial charge on any atom is -0.484 e. The van der Waals surface area contributed by atoms with Crippen molar-refractivity contribution in [3.63, 3.8) is 0 Å². The molecule has 0 heterocycles. The molecule has 0 unspecified atom stereocenters. The first-order chi connectivity index (χ1) is 15.0. The van der Waals surface area contributed by atoms with Crippen LogP contribution in [0, 0.1) is 0 Å². The number of halogens is 1. The number of amides is 2. The van der Waals surface area contributed by atoms with E-state index in [0.29, 0.717) is 12.3 Å². The van der Waals surface area contributed by atoms with Crippen molar-refractivity contribution < 1.29 is 14.3 Å². The van der Waals surface area contributed by atoms with Crippen LogP contribution in [0.1, 0.15) is 59.1 Å². The summed E-state index contributed by atoms with van der Waals surface area (Å²) in [5.41, 5.74) is 2.18. The summed E-state index contributed by atoms with van der Waals surface area (Å²) in [7, 11) is 0. The molecule has 1 N–H and O–H groups in total. The Balaban J connectivity index is 2.14. The molecule has 174 valence electrons. The average molecular weight is 503 g/mol. The van der Waals surface area contributed by atoms with Gasteiger partial charge in [0, 0.05) is 17.1 Å². The van der Waals surface area contributed by atoms with Crippen molar-refractivity contribution in [1.29, 1.82) is 0 Å². The summed E-state index contributed by atoms with van der Waals surface area (Å²) in [6.45, 7) is 12.4. The van der Waals surface area contributed by atoms with Gasteiger partial charge in [-0.1, -0.05) is 67.9 Å². The van der Waals surface area contributed by atoms with Crippen LogP contribution < -0.4 is 10.1 Å². The van der Waals surface area contributed by atoms with Crippen molar-refractivity contribution >= 4 is 27.7 Å². The first kappa shape index (κ1) is 25.9. The van der Waals surface area contributed by atoms with E-state index in [9.17, 15) is 9.59 Å². The number of carbonyl (C=O) groups is 2. The second kappa shape index (κ2) is 11.5. The molecule has 0 spiro atoms. The van der Waals surface area contributed by atoms with Gasteiger partial charge in [0.25, 0.3) is 5.91 Å². The number of carbonyl (C=O) groups excluding carboxylic acids is 2. The van der Waals surface area contributed by atoms with E-state index >= 15 is 0 Å². The van der Waals surface area contributed by atoms with E-state index in [4.69, 9.17) is 4.74 Å². The summed E-state index contributed by atoms with van der Waals surface area (Å²) in [6, 6.07) is 15.0. The van der Waals surface area contributed by atoms with Crippen LogP contribution in [-0.4, -0.2) is 35.4 Å². The van der Waals surface area contributed by atoms with Gasteiger partial charge in [0.1, 0.15) is 11.8 Å². The van der Waals surface area contributed by atoms with Crippen LogP contribution in [0.25, 0.3) is 0 Å². The molecule has 0 aliphatic heterocycles. The van der Waals surface area contributed by atoms with Crippen LogP contribution in [0.4, 0.5) is 0 Å². The van der Waals surface area contributed by atoms with Crippen molar-refractivity contribution in [2.24, 2.45) is 0 Å². The number of ether oxygens (including phenoxy) is 1. The lowest BCUT2D eigenvalue weighted by Crippen LogP contribution is -2.50. The molecule has 2 aromatic carbocycles. The van der Waals surface area contributed by atoms with Gasteiger partial charge < -0.3 is 15.0 Å². The number of nitrogens with zero attached hydrogens (tertiary/aromatic N) is 1. The molecule has 0 bridgehead atoms. The predicted molar refractivity (Wildman–Crippen MR) is 133 cm³/mol. The monoisotopic (exact) mass is 502 g/mol. The molecule has 5 nitrogen and oxygen atoms in total. The van der Waals surface area contributed by atoms with E-state index in [1.54, 1.807) is 11.8 Å². The highest BCUT2D eigenvalue weighted by Gasteiger charge is 2.27. The Morgan fingerprint density at radius 1 is 1.09 bits per heavy atom. The highest BCUT2D eigenvalue weighted by atomic mass is 79.9. The molecule has 0 radical (unpaired) electrons. The quantitative estimate of drug-likeness (QED) is 0.495. The van der Waals surface area contributed by atoms with Gasteiger partial charge in [-0.05, 0) is 61.1 Å². The maximum atomic E-state index is 13.1. The average Bonchev–Trinajstić information content (AvgIpc) is 2.75. The normalized spacial score (nSPS) is 13.2. The van der Waals surface area contributed by atoms with Crippen molar-refractivity contribution in [3.05, 3.63) is 64.1 Å². The summed E-state index contributed by atoms with van der Waals surface area (Å²) < 4.78 is 6.70. The predicted octanol–water partition coefficient (Wildman–Crippen LogP) is 5.46. The maximum absolute atomic E-state index is 13.1. The number of benzene rings is 2. The van der Waals surface area contributed by atoms with Crippen LogP contribution >= 0.6 is 15.9 Å². The minimum atomic E-state index is -0.623. The topological polar surface area (TPSA) is 58.6 Å².